The second-order valence-corrected chi connectivity index (χ2v) is 8.61. The smallest absolute Gasteiger partial charge is 0.410 e. The Balaban J connectivity index is 1.76. The lowest BCUT2D eigenvalue weighted by Crippen LogP contribution is -2.54. The van der Waals surface area contributed by atoms with Crippen LogP contribution in [0.2, 0.25) is 0 Å². The number of carbonyl (C=O) groups is 1. The maximum Gasteiger partial charge on any atom is 0.410 e. The van der Waals surface area contributed by atoms with Crippen molar-refractivity contribution in [3.8, 4) is 0 Å². The first-order valence-electron chi connectivity index (χ1n) is 10.9. The van der Waals surface area contributed by atoms with E-state index in [9.17, 15) is 18.7 Å². The second kappa shape index (κ2) is 10.4. The molecule has 2 heterocycles. The first-order chi connectivity index (χ1) is 15.5. The summed E-state index contributed by atoms with van der Waals surface area (Å²) in [5, 5.41) is 20.0. The number of aliphatic hydroxyl groups is 1. The molecule has 1 amide bonds. The van der Waals surface area contributed by atoms with Crippen molar-refractivity contribution >= 4 is 17.8 Å². The van der Waals surface area contributed by atoms with E-state index in [2.05, 4.69) is 20.4 Å². The van der Waals surface area contributed by atoms with Gasteiger partial charge in [0.2, 0.25) is 5.89 Å². The Morgan fingerprint density at radius 1 is 1.30 bits per heavy atom. The number of benzene rings is 1. The van der Waals surface area contributed by atoms with Gasteiger partial charge in [-0.05, 0) is 57.9 Å². The van der Waals surface area contributed by atoms with Gasteiger partial charge in [-0.2, -0.15) is 0 Å². The minimum Gasteiger partial charge on any atom is -0.447 e. The normalized spacial score (nSPS) is 18.1. The molecule has 33 heavy (non-hydrogen) atoms. The molecule has 0 radical (unpaired) electrons. The number of aromatic nitrogens is 2. The summed E-state index contributed by atoms with van der Waals surface area (Å²) in [5.74, 6) is 0.0308. The SMILES string of the molecule is Cc1c(CN2CCN(C(=O)OC(C)C)[C@@H](C)C2)cc(C(F)F)cc1Nc1nnc(C(C)O)o1. The molecule has 1 unspecified atom stereocenters. The van der Waals surface area contributed by atoms with Crippen LogP contribution in [-0.4, -0.2) is 63.0 Å². The molecule has 182 valence electrons. The highest BCUT2D eigenvalue weighted by Crippen LogP contribution is 2.31. The fourth-order valence-corrected chi connectivity index (χ4v) is 3.75. The highest BCUT2D eigenvalue weighted by Gasteiger charge is 2.29. The Labute approximate surface area is 191 Å². The summed E-state index contributed by atoms with van der Waals surface area (Å²) in [5.41, 5.74) is 1.80. The zero-order valence-corrected chi connectivity index (χ0v) is 19.5. The number of piperazine rings is 1. The molecule has 0 saturated carbocycles. The van der Waals surface area contributed by atoms with Gasteiger partial charge < -0.3 is 24.5 Å². The standard InChI is InChI=1S/C22H31F2N5O4/c1-12(2)32-22(31)29-7-6-28(10-13(29)3)11-17-8-16(19(23)24)9-18(14(17)4)25-21-27-26-20(33-21)15(5)30/h8-9,12-13,15,19,30H,6-7,10-11H2,1-5H3,(H,25,27)/t13-,15?/m0/s1. The molecule has 0 aliphatic carbocycles. The number of amides is 1. The summed E-state index contributed by atoms with van der Waals surface area (Å²) in [4.78, 5) is 16.1. The van der Waals surface area contributed by atoms with Gasteiger partial charge in [0, 0.05) is 43.5 Å². The van der Waals surface area contributed by atoms with Gasteiger partial charge in [-0.25, -0.2) is 13.6 Å². The Hall–Kier alpha value is -2.79. The predicted octanol–water partition coefficient (Wildman–Crippen LogP) is 4.16. The molecule has 2 atom stereocenters. The van der Waals surface area contributed by atoms with Gasteiger partial charge in [-0.3, -0.25) is 4.90 Å². The van der Waals surface area contributed by atoms with Crippen molar-refractivity contribution in [3.63, 3.8) is 0 Å². The number of hydrogen-bond acceptors (Lipinski definition) is 8. The quantitative estimate of drug-likeness (QED) is 0.626. The summed E-state index contributed by atoms with van der Waals surface area (Å²) >= 11 is 0. The molecule has 2 N–H and O–H groups in total. The highest BCUT2D eigenvalue weighted by atomic mass is 19.3. The predicted molar refractivity (Wildman–Crippen MR) is 117 cm³/mol. The van der Waals surface area contributed by atoms with E-state index >= 15 is 0 Å². The summed E-state index contributed by atoms with van der Waals surface area (Å²) in [6.45, 7) is 11.0. The Morgan fingerprint density at radius 2 is 2.03 bits per heavy atom. The van der Waals surface area contributed by atoms with Crippen LogP contribution in [0.1, 0.15) is 62.8 Å². The van der Waals surface area contributed by atoms with Crippen molar-refractivity contribution in [3.05, 3.63) is 34.7 Å². The third-order valence-corrected chi connectivity index (χ3v) is 5.51. The van der Waals surface area contributed by atoms with Crippen molar-refractivity contribution in [1.82, 2.24) is 20.0 Å². The zero-order chi connectivity index (χ0) is 24.3. The maximum atomic E-state index is 13.6. The van der Waals surface area contributed by atoms with Gasteiger partial charge in [-0.1, -0.05) is 5.10 Å². The molecule has 3 rings (SSSR count). The van der Waals surface area contributed by atoms with Gasteiger partial charge in [0.05, 0.1) is 6.10 Å². The number of nitrogens with one attached hydrogen (secondary N) is 1. The van der Waals surface area contributed by atoms with E-state index in [0.29, 0.717) is 31.9 Å². The number of alkyl halides is 2. The van der Waals surface area contributed by atoms with E-state index in [-0.39, 0.29) is 35.7 Å². The first-order valence-corrected chi connectivity index (χ1v) is 10.9. The first kappa shape index (κ1) is 24.8. The van der Waals surface area contributed by atoms with Gasteiger partial charge in [0.1, 0.15) is 6.10 Å². The van der Waals surface area contributed by atoms with E-state index in [4.69, 9.17) is 9.15 Å². The van der Waals surface area contributed by atoms with Crippen LogP contribution in [-0.2, 0) is 11.3 Å². The monoisotopic (exact) mass is 467 g/mol. The average Bonchev–Trinajstić information content (AvgIpc) is 3.19. The molecule has 1 aromatic heterocycles. The molecule has 2 aromatic rings. The van der Waals surface area contributed by atoms with Crippen molar-refractivity contribution in [2.75, 3.05) is 25.0 Å². The topological polar surface area (TPSA) is 104 Å². The number of rotatable bonds is 7. The number of nitrogens with zero attached hydrogens (tertiary/aromatic N) is 4. The largest absolute Gasteiger partial charge is 0.447 e. The molecular formula is C22H31F2N5O4. The zero-order valence-electron chi connectivity index (χ0n) is 19.5. The number of carbonyl (C=O) groups excluding carboxylic acids is 1. The fourth-order valence-electron chi connectivity index (χ4n) is 3.75. The lowest BCUT2D eigenvalue weighted by molar-refractivity contribution is 0.0349. The third kappa shape index (κ3) is 6.17. The van der Waals surface area contributed by atoms with Crippen molar-refractivity contribution in [2.24, 2.45) is 0 Å². The van der Waals surface area contributed by atoms with Crippen LogP contribution >= 0.6 is 0 Å². The van der Waals surface area contributed by atoms with Crippen LogP contribution in [0.4, 0.5) is 25.3 Å². The number of halogens is 2. The molecular weight excluding hydrogens is 436 g/mol. The lowest BCUT2D eigenvalue weighted by Gasteiger charge is -2.39. The van der Waals surface area contributed by atoms with Crippen LogP contribution in [0.5, 0.6) is 0 Å². The Morgan fingerprint density at radius 3 is 2.61 bits per heavy atom. The van der Waals surface area contributed by atoms with Gasteiger partial charge in [0.15, 0.2) is 0 Å². The van der Waals surface area contributed by atoms with Crippen molar-refractivity contribution in [1.29, 1.82) is 0 Å². The Kier molecular flexibility index (Phi) is 7.85. The molecule has 1 aromatic carbocycles. The van der Waals surface area contributed by atoms with Crippen LogP contribution < -0.4 is 5.32 Å². The molecule has 1 fully saturated rings. The summed E-state index contributed by atoms with van der Waals surface area (Å²) in [7, 11) is 0. The minimum absolute atomic E-state index is 0.0114. The van der Waals surface area contributed by atoms with E-state index in [1.54, 1.807) is 4.90 Å². The average molecular weight is 468 g/mol. The highest BCUT2D eigenvalue weighted by molar-refractivity contribution is 5.68. The third-order valence-electron chi connectivity index (χ3n) is 5.51. The molecule has 0 spiro atoms. The Bertz CT molecular complexity index is 966. The number of hydrogen-bond donors (Lipinski definition) is 2. The van der Waals surface area contributed by atoms with Crippen molar-refractivity contribution < 1.29 is 27.8 Å². The number of ether oxygens (including phenoxy) is 1. The van der Waals surface area contributed by atoms with Crippen LogP contribution in [0, 0.1) is 6.92 Å². The lowest BCUT2D eigenvalue weighted by atomic mass is 10.0. The van der Waals surface area contributed by atoms with Crippen LogP contribution in [0.25, 0.3) is 0 Å². The molecule has 1 saturated heterocycles. The second-order valence-electron chi connectivity index (χ2n) is 8.61. The van der Waals surface area contributed by atoms with Gasteiger partial charge >= 0.3 is 12.1 Å². The van der Waals surface area contributed by atoms with Gasteiger partial charge in [-0.15, -0.1) is 5.10 Å². The van der Waals surface area contributed by atoms with E-state index < -0.39 is 12.5 Å². The fraction of sp³-hybridized carbons (Fsp3) is 0.591. The van der Waals surface area contributed by atoms with Crippen LogP contribution in [0.15, 0.2) is 16.5 Å². The maximum absolute atomic E-state index is 13.6. The molecule has 1 aliphatic heterocycles. The molecule has 11 heteroatoms. The minimum atomic E-state index is -2.65. The van der Waals surface area contributed by atoms with Crippen molar-refractivity contribution in [2.45, 2.75) is 65.8 Å². The van der Waals surface area contributed by atoms with E-state index in [1.807, 2.05) is 27.7 Å². The number of aliphatic hydroxyl groups excluding tert-OH is 1. The molecule has 9 nitrogen and oxygen atoms in total. The van der Waals surface area contributed by atoms with E-state index in [0.717, 1.165) is 11.1 Å². The summed E-state index contributed by atoms with van der Waals surface area (Å²) in [6.07, 6.45) is -4.11. The van der Waals surface area contributed by atoms with Gasteiger partial charge in [0.25, 0.3) is 6.43 Å². The molecule has 1 aliphatic rings. The summed E-state index contributed by atoms with van der Waals surface area (Å²) < 4.78 is 37.9. The number of anilines is 2. The van der Waals surface area contributed by atoms with Crippen LogP contribution in [0.3, 0.4) is 0 Å². The molecule has 0 bridgehead atoms. The van der Waals surface area contributed by atoms with E-state index in [1.165, 1.54) is 19.1 Å². The summed E-state index contributed by atoms with van der Waals surface area (Å²) in [6, 6.07) is 2.80.